The Morgan fingerprint density at radius 1 is 0.441 bits per heavy atom. The van der Waals surface area contributed by atoms with Crippen molar-refractivity contribution in [3.63, 3.8) is 0 Å². The molecule has 1 heteroatoms. The second-order valence-electron chi connectivity index (χ2n) is 8.42. The van der Waals surface area contributed by atoms with Crippen molar-refractivity contribution >= 4 is 29.2 Å². The molecule has 0 saturated heterocycles. The molecule has 5 aromatic rings. The molecular weight excluding hydrogens is 410 g/mol. The van der Waals surface area contributed by atoms with Crippen LogP contribution in [0.3, 0.4) is 0 Å². The van der Waals surface area contributed by atoms with E-state index in [0.29, 0.717) is 0 Å². The first-order valence-corrected chi connectivity index (χ1v) is 11.6. The van der Waals surface area contributed by atoms with E-state index in [1.54, 1.807) is 0 Å². The number of rotatable bonds is 6. The van der Waals surface area contributed by atoms with Crippen molar-refractivity contribution in [1.82, 2.24) is 0 Å². The Hall–Kier alpha value is -4.36. The summed E-state index contributed by atoms with van der Waals surface area (Å²) in [5.74, 6) is 0. The van der Waals surface area contributed by atoms with Crippen LogP contribution in [0.25, 0.3) is 23.3 Å². The minimum Gasteiger partial charge on any atom is -0.311 e. The third kappa shape index (κ3) is 5.00. The Bertz CT molecular complexity index is 1370. The van der Waals surface area contributed by atoms with Crippen LogP contribution in [0.4, 0.5) is 17.1 Å². The van der Waals surface area contributed by atoms with E-state index in [2.05, 4.69) is 157 Å². The number of hydrogen-bond acceptors (Lipinski definition) is 1. The molecule has 0 radical (unpaired) electrons. The summed E-state index contributed by atoms with van der Waals surface area (Å²) < 4.78 is 0. The molecule has 0 bridgehead atoms. The van der Waals surface area contributed by atoms with Gasteiger partial charge >= 0.3 is 0 Å². The molecule has 0 aliphatic rings. The molecule has 0 aliphatic carbocycles. The van der Waals surface area contributed by atoms with Gasteiger partial charge in [-0.3, -0.25) is 0 Å². The minimum absolute atomic E-state index is 1.13. The molecule has 0 amide bonds. The van der Waals surface area contributed by atoms with Crippen LogP contribution >= 0.6 is 0 Å². The molecule has 0 unspecified atom stereocenters. The maximum atomic E-state index is 2.29. The van der Waals surface area contributed by atoms with E-state index in [0.717, 1.165) is 17.1 Å². The Morgan fingerprint density at radius 2 is 0.971 bits per heavy atom. The Kier molecular flexibility index (Phi) is 6.36. The highest BCUT2D eigenvalue weighted by Gasteiger charge is 2.12. The van der Waals surface area contributed by atoms with Crippen LogP contribution in [0.2, 0.25) is 0 Å². The summed E-state index contributed by atoms with van der Waals surface area (Å²) in [5.41, 5.74) is 9.51. The lowest BCUT2D eigenvalue weighted by molar-refractivity contribution is 1.28. The van der Waals surface area contributed by atoms with Crippen LogP contribution in [-0.2, 0) is 0 Å². The van der Waals surface area contributed by atoms with Crippen molar-refractivity contribution in [2.75, 3.05) is 4.90 Å². The number of nitrogens with zero attached hydrogens (tertiary/aromatic N) is 1. The van der Waals surface area contributed by atoms with Crippen molar-refractivity contribution in [2.45, 2.75) is 6.92 Å². The van der Waals surface area contributed by atoms with E-state index < -0.39 is 0 Å². The highest BCUT2D eigenvalue weighted by Crippen LogP contribution is 2.35. The van der Waals surface area contributed by atoms with Gasteiger partial charge in [0.2, 0.25) is 0 Å². The van der Waals surface area contributed by atoms with Crippen molar-refractivity contribution in [3.05, 3.63) is 150 Å². The predicted octanol–water partition coefficient (Wildman–Crippen LogP) is 9.30. The summed E-state index contributed by atoms with van der Waals surface area (Å²) in [6.07, 6.45) is 4.33. The largest absolute Gasteiger partial charge is 0.311 e. The summed E-state index contributed by atoms with van der Waals surface area (Å²) in [6, 6.07) is 47.1. The highest BCUT2D eigenvalue weighted by molar-refractivity contribution is 5.79. The molecular formula is C33H27N. The van der Waals surface area contributed by atoms with Crippen molar-refractivity contribution < 1.29 is 0 Å². The van der Waals surface area contributed by atoms with E-state index in [1.165, 1.54) is 27.8 Å². The lowest BCUT2D eigenvalue weighted by Gasteiger charge is -2.25. The lowest BCUT2D eigenvalue weighted by atomic mass is 10.0. The standard InChI is InChI=1S/C33H27N/c1-26-9-8-10-28(25-26)16-15-27-17-21-32(22-18-27)34(31-13-6-3-7-14-31)33-23-19-30(20-24-33)29-11-4-2-5-12-29/h2-25H,1H3. The molecule has 0 saturated carbocycles. The van der Waals surface area contributed by atoms with Gasteiger partial charge in [0.15, 0.2) is 0 Å². The summed E-state index contributed by atoms with van der Waals surface area (Å²) in [5, 5.41) is 0. The van der Waals surface area contributed by atoms with Crippen LogP contribution in [0, 0.1) is 6.92 Å². The molecule has 164 valence electrons. The Balaban J connectivity index is 1.45. The van der Waals surface area contributed by atoms with Gasteiger partial charge in [0, 0.05) is 17.1 Å². The van der Waals surface area contributed by atoms with Gasteiger partial charge in [-0.15, -0.1) is 0 Å². The third-order valence-corrected chi connectivity index (χ3v) is 5.91. The van der Waals surface area contributed by atoms with Gasteiger partial charge in [-0.2, -0.15) is 0 Å². The molecule has 1 nitrogen and oxygen atoms in total. The topological polar surface area (TPSA) is 3.24 Å². The van der Waals surface area contributed by atoms with Crippen LogP contribution in [0.1, 0.15) is 16.7 Å². The SMILES string of the molecule is Cc1cccc(C=Cc2ccc(N(c3ccccc3)c3ccc(-c4ccccc4)cc3)cc2)c1. The van der Waals surface area contributed by atoms with Gasteiger partial charge in [-0.05, 0) is 65.6 Å². The van der Waals surface area contributed by atoms with Gasteiger partial charge in [-0.25, -0.2) is 0 Å². The Morgan fingerprint density at radius 3 is 1.62 bits per heavy atom. The van der Waals surface area contributed by atoms with Gasteiger partial charge in [-0.1, -0.05) is 115 Å². The van der Waals surface area contributed by atoms with E-state index in [1.807, 2.05) is 0 Å². The van der Waals surface area contributed by atoms with Crippen molar-refractivity contribution in [1.29, 1.82) is 0 Å². The molecule has 0 aliphatic heterocycles. The zero-order valence-electron chi connectivity index (χ0n) is 19.3. The number of para-hydroxylation sites is 1. The van der Waals surface area contributed by atoms with Crippen molar-refractivity contribution in [2.24, 2.45) is 0 Å². The van der Waals surface area contributed by atoms with Crippen LogP contribution in [-0.4, -0.2) is 0 Å². The molecule has 0 atom stereocenters. The van der Waals surface area contributed by atoms with Gasteiger partial charge < -0.3 is 4.90 Å². The highest BCUT2D eigenvalue weighted by atomic mass is 15.1. The number of anilines is 3. The summed E-state index contributed by atoms with van der Waals surface area (Å²) >= 11 is 0. The third-order valence-electron chi connectivity index (χ3n) is 5.91. The van der Waals surface area contributed by atoms with Gasteiger partial charge in [0.05, 0.1) is 0 Å². The molecule has 0 heterocycles. The zero-order chi connectivity index (χ0) is 23.2. The maximum absolute atomic E-state index is 2.29. The maximum Gasteiger partial charge on any atom is 0.0462 e. The van der Waals surface area contributed by atoms with Crippen LogP contribution < -0.4 is 4.90 Å². The summed E-state index contributed by atoms with van der Waals surface area (Å²) in [4.78, 5) is 2.29. The van der Waals surface area contributed by atoms with E-state index in [4.69, 9.17) is 0 Å². The first-order chi connectivity index (χ1) is 16.8. The smallest absolute Gasteiger partial charge is 0.0462 e. The number of hydrogen-bond donors (Lipinski definition) is 0. The second kappa shape index (κ2) is 10.1. The fraction of sp³-hybridized carbons (Fsp3) is 0.0303. The molecule has 5 aromatic carbocycles. The van der Waals surface area contributed by atoms with Crippen molar-refractivity contribution in [3.8, 4) is 11.1 Å². The quantitative estimate of drug-likeness (QED) is 0.239. The first-order valence-electron chi connectivity index (χ1n) is 11.6. The normalized spacial score (nSPS) is 11.0. The van der Waals surface area contributed by atoms with E-state index in [-0.39, 0.29) is 0 Å². The fourth-order valence-corrected chi connectivity index (χ4v) is 4.16. The predicted molar refractivity (Wildman–Crippen MR) is 147 cm³/mol. The average Bonchev–Trinajstić information content (AvgIpc) is 2.90. The van der Waals surface area contributed by atoms with Crippen LogP contribution in [0.15, 0.2) is 133 Å². The molecule has 0 N–H and O–H groups in total. The fourth-order valence-electron chi connectivity index (χ4n) is 4.16. The zero-order valence-corrected chi connectivity index (χ0v) is 19.3. The first kappa shape index (κ1) is 21.5. The monoisotopic (exact) mass is 437 g/mol. The van der Waals surface area contributed by atoms with E-state index in [9.17, 15) is 0 Å². The average molecular weight is 438 g/mol. The van der Waals surface area contributed by atoms with Crippen LogP contribution in [0.5, 0.6) is 0 Å². The number of aryl methyl sites for hydroxylation is 1. The molecule has 34 heavy (non-hydrogen) atoms. The van der Waals surface area contributed by atoms with Gasteiger partial charge in [0.1, 0.15) is 0 Å². The molecule has 0 aromatic heterocycles. The summed E-state index contributed by atoms with van der Waals surface area (Å²) in [6.45, 7) is 2.12. The summed E-state index contributed by atoms with van der Waals surface area (Å²) in [7, 11) is 0. The molecule has 5 rings (SSSR count). The minimum atomic E-state index is 1.13. The lowest BCUT2D eigenvalue weighted by Crippen LogP contribution is -2.09. The van der Waals surface area contributed by atoms with Gasteiger partial charge in [0.25, 0.3) is 0 Å². The second-order valence-corrected chi connectivity index (χ2v) is 8.42. The molecule has 0 fully saturated rings. The Labute approximate surface area is 202 Å². The van der Waals surface area contributed by atoms with E-state index >= 15 is 0 Å². The number of benzene rings is 5. The molecule has 0 spiro atoms.